The van der Waals surface area contributed by atoms with Gasteiger partial charge < -0.3 is 0 Å². The third-order valence-electron chi connectivity index (χ3n) is 6.30. The van der Waals surface area contributed by atoms with E-state index in [4.69, 9.17) is 5.21 Å². The molecule has 1 aliphatic heterocycles. The van der Waals surface area contributed by atoms with Crippen molar-refractivity contribution < 1.29 is 10.0 Å². The van der Waals surface area contributed by atoms with E-state index in [0.717, 1.165) is 30.8 Å². The molecule has 1 spiro atoms. The summed E-state index contributed by atoms with van der Waals surface area (Å²) in [6.07, 6.45) is 12.3. The lowest BCUT2D eigenvalue weighted by atomic mass is 9.84. The summed E-state index contributed by atoms with van der Waals surface area (Å²) < 4.78 is 0. The molecule has 2 saturated carbocycles. The lowest BCUT2D eigenvalue weighted by molar-refractivity contribution is 0.0705. The van der Waals surface area contributed by atoms with E-state index in [9.17, 15) is 4.79 Å². The quantitative estimate of drug-likeness (QED) is 0.650. The third kappa shape index (κ3) is 2.76. The molecule has 2 heterocycles. The largest absolute Gasteiger partial charge is 0.294 e. The molecule has 0 aromatic carbocycles. The average molecular weight is 315 g/mol. The maximum Gasteiger partial charge on any atom is 0.276 e. The van der Waals surface area contributed by atoms with Crippen LogP contribution in [0.1, 0.15) is 66.6 Å². The van der Waals surface area contributed by atoms with Crippen molar-refractivity contribution in [1.82, 2.24) is 15.4 Å². The standard InChI is InChI=1S/C18H25N3O2/c22-17(20-23)14-9-13-4-8-21(12-16(13)19-11-14)15-3-7-18(10-15)5-1-2-6-18/h9,11,15,23H,1-8,10,12H2,(H,20,22)/t15-/m1/s1. The number of carbonyl (C=O) groups is 1. The first-order valence-corrected chi connectivity index (χ1v) is 8.85. The summed E-state index contributed by atoms with van der Waals surface area (Å²) >= 11 is 0. The molecular weight excluding hydrogens is 290 g/mol. The first-order valence-electron chi connectivity index (χ1n) is 8.85. The fraction of sp³-hybridized carbons (Fsp3) is 0.667. The van der Waals surface area contributed by atoms with Gasteiger partial charge in [0.15, 0.2) is 0 Å². The minimum atomic E-state index is -0.485. The van der Waals surface area contributed by atoms with Crippen LogP contribution in [0.2, 0.25) is 0 Å². The molecule has 124 valence electrons. The van der Waals surface area contributed by atoms with Gasteiger partial charge in [-0.05, 0) is 55.6 Å². The highest BCUT2D eigenvalue weighted by Gasteiger charge is 2.43. The van der Waals surface area contributed by atoms with Gasteiger partial charge in [0, 0.05) is 25.3 Å². The molecule has 1 aromatic heterocycles. The molecule has 0 radical (unpaired) electrons. The number of rotatable bonds is 2. The number of hydroxylamine groups is 1. The van der Waals surface area contributed by atoms with Crippen molar-refractivity contribution in [1.29, 1.82) is 0 Å². The number of pyridine rings is 1. The Hall–Kier alpha value is -1.46. The molecule has 0 unspecified atom stereocenters. The van der Waals surface area contributed by atoms with Gasteiger partial charge in [0.2, 0.25) is 0 Å². The lowest BCUT2D eigenvalue weighted by Gasteiger charge is -2.34. The van der Waals surface area contributed by atoms with E-state index in [-0.39, 0.29) is 0 Å². The lowest BCUT2D eigenvalue weighted by Crippen LogP contribution is -2.39. The molecule has 2 fully saturated rings. The maximum absolute atomic E-state index is 11.5. The van der Waals surface area contributed by atoms with Gasteiger partial charge in [-0.25, -0.2) is 5.48 Å². The molecule has 0 saturated heterocycles. The predicted octanol–water partition coefficient (Wildman–Crippen LogP) is 2.67. The van der Waals surface area contributed by atoms with Crippen LogP contribution in [-0.4, -0.2) is 33.6 Å². The minimum absolute atomic E-state index is 0.436. The molecule has 1 aromatic rings. The third-order valence-corrected chi connectivity index (χ3v) is 6.30. The van der Waals surface area contributed by atoms with Gasteiger partial charge >= 0.3 is 0 Å². The van der Waals surface area contributed by atoms with Crippen LogP contribution in [0.5, 0.6) is 0 Å². The van der Waals surface area contributed by atoms with Crippen molar-refractivity contribution in [3.63, 3.8) is 0 Å². The molecule has 2 N–H and O–H groups in total. The second-order valence-electron chi connectivity index (χ2n) is 7.59. The Bertz CT molecular complexity index is 610. The van der Waals surface area contributed by atoms with Crippen LogP contribution in [0.25, 0.3) is 0 Å². The van der Waals surface area contributed by atoms with E-state index in [0.29, 0.717) is 17.0 Å². The smallest absolute Gasteiger partial charge is 0.276 e. The number of nitrogens with zero attached hydrogens (tertiary/aromatic N) is 2. The maximum atomic E-state index is 11.5. The van der Waals surface area contributed by atoms with Crippen LogP contribution in [0, 0.1) is 5.41 Å². The van der Waals surface area contributed by atoms with Crippen molar-refractivity contribution in [2.75, 3.05) is 6.54 Å². The summed E-state index contributed by atoms with van der Waals surface area (Å²) in [7, 11) is 0. The zero-order valence-corrected chi connectivity index (χ0v) is 13.6. The SMILES string of the molecule is O=C(NO)c1cnc2c(c1)CCN([C@@H]1CCC3(CCCC3)C1)C2. The van der Waals surface area contributed by atoms with Crippen LogP contribution >= 0.6 is 0 Å². The first-order chi connectivity index (χ1) is 11.2. The highest BCUT2D eigenvalue weighted by atomic mass is 16.5. The van der Waals surface area contributed by atoms with Crippen molar-refractivity contribution >= 4 is 5.91 Å². The summed E-state index contributed by atoms with van der Waals surface area (Å²) in [5.74, 6) is -0.485. The Labute approximate surface area is 137 Å². The molecule has 0 bridgehead atoms. The zero-order chi connectivity index (χ0) is 15.9. The van der Waals surface area contributed by atoms with Crippen molar-refractivity contribution in [2.24, 2.45) is 5.41 Å². The summed E-state index contributed by atoms with van der Waals surface area (Å²) in [4.78, 5) is 18.6. The van der Waals surface area contributed by atoms with Crippen molar-refractivity contribution in [3.8, 4) is 0 Å². The summed E-state index contributed by atoms with van der Waals surface area (Å²) in [5.41, 5.74) is 5.01. The second-order valence-corrected chi connectivity index (χ2v) is 7.59. The Morgan fingerprint density at radius 2 is 2.17 bits per heavy atom. The summed E-state index contributed by atoms with van der Waals surface area (Å²) in [6.45, 7) is 1.96. The minimum Gasteiger partial charge on any atom is -0.294 e. The normalized spacial score (nSPS) is 26.4. The molecule has 2 aliphatic carbocycles. The van der Waals surface area contributed by atoms with E-state index < -0.39 is 5.91 Å². The summed E-state index contributed by atoms with van der Waals surface area (Å²) in [5, 5.41) is 8.74. The van der Waals surface area contributed by atoms with Gasteiger partial charge in [0.25, 0.3) is 5.91 Å². The topological polar surface area (TPSA) is 65.5 Å². The second kappa shape index (κ2) is 5.87. The Morgan fingerprint density at radius 1 is 1.35 bits per heavy atom. The highest BCUT2D eigenvalue weighted by Crippen LogP contribution is 2.51. The molecule has 5 nitrogen and oxygen atoms in total. The van der Waals surface area contributed by atoms with E-state index >= 15 is 0 Å². The summed E-state index contributed by atoms with van der Waals surface area (Å²) in [6, 6.07) is 2.58. The van der Waals surface area contributed by atoms with Gasteiger partial charge in [-0.3, -0.25) is 19.9 Å². The number of fused-ring (bicyclic) bond motifs is 1. The van der Waals surface area contributed by atoms with Gasteiger partial charge in [-0.2, -0.15) is 0 Å². The van der Waals surface area contributed by atoms with Gasteiger partial charge in [0.1, 0.15) is 0 Å². The number of nitrogens with one attached hydrogen (secondary N) is 1. The molecular formula is C18H25N3O2. The van der Waals surface area contributed by atoms with Gasteiger partial charge in [0.05, 0.1) is 11.3 Å². The Morgan fingerprint density at radius 3 is 2.96 bits per heavy atom. The molecule has 1 amide bonds. The molecule has 5 heteroatoms. The Balaban J connectivity index is 1.46. The van der Waals surface area contributed by atoms with Crippen molar-refractivity contribution in [3.05, 3.63) is 29.1 Å². The molecule has 4 rings (SSSR count). The number of amides is 1. The zero-order valence-electron chi connectivity index (χ0n) is 13.6. The predicted molar refractivity (Wildman–Crippen MR) is 86.1 cm³/mol. The Kier molecular flexibility index (Phi) is 3.85. The van der Waals surface area contributed by atoms with E-state index in [1.54, 1.807) is 11.7 Å². The average Bonchev–Trinajstić information content (AvgIpc) is 3.23. The molecule has 1 atom stereocenters. The van der Waals surface area contributed by atoms with Crippen LogP contribution in [0.3, 0.4) is 0 Å². The van der Waals surface area contributed by atoms with Gasteiger partial charge in [-0.1, -0.05) is 12.8 Å². The first kappa shape index (κ1) is 15.1. The highest BCUT2D eigenvalue weighted by molar-refractivity contribution is 5.93. The number of hydrogen-bond acceptors (Lipinski definition) is 4. The van der Waals surface area contributed by atoms with Crippen LogP contribution in [0.15, 0.2) is 12.3 Å². The number of carbonyl (C=O) groups excluding carboxylic acids is 1. The van der Waals surface area contributed by atoms with Crippen LogP contribution in [-0.2, 0) is 13.0 Å². The van der Waals surface area contributed by atoms with Crippen LogP contribution < -0.4 is 5.48 Å². The van der Waals surface area contributed by atoms with E-state index in [2.05, 4.69) is 9.88 Å². The van der Waals surface area contributed by atoms with Gasteiger partial charge in [-0.15, -0.1) is 0 Å². The fourth-order valence-electron chi connectivity index (χ4n) is 5.00. The van der Waals surface area contributed by atoms with E-state index in [1.807, 2.05) is 6.07 Å². The number of hydrogen-bond donors (Lipinski definition) is 2. The molecule has 3 aliphatic rings. The van der Waals surface area contributed by atoms with Crippen molar-refractivity contribution in [2.45, 2.75) is 64.0 Å². The fourth-order valence-corrected chi connectivity index (χ4v) is 5.00. The molecule has 23 heavy (non-hydrogen) atoms. The van der Waals surface area contributed by atoms with E-state index in [1.165, 1.54) is 44.9 Å². The monoisotopic (exact) mass is 315 g/mol. The number of aromatic nitrogens is 1. The van der Waals surface area contributed by atoms with Crippen LogP contribution in [0.4, 0.5) is 0 Å².